The predicted molar refractivity (Wildman–Crippen MR) is 71.6 cm³/mol. The highest BCUT2D eigenvalue weighted by molar-refractivity contribution is 7.89. The van der Waals surface area contributed by atoms with E-state index in [1.165, 1.54) is 28.6 Å². The van der Waals surface area contributed by atoms with Crippen molar-refractivity contribution in [2.45, 2.75) is 36.6 Å². The molecule has 19 heavy (non-hydrogen) atoms. The molecule has 2 rings (SSSR count). The van der Waals surface area contributed by atoms with Crippen LogP contribution in [0, 0.1) is 5.82 Å². The van der Waals surface area contributed by atoms with E-state index in [0.29, 0.717) is 19.5 Å². The molecule has 4 nitrogen and oxygen atoms in total. The second kappa shape index (κ2) is 5.98. The van der Waals surface area contributed by atoms with Crippen molar-refractivity contribution < 1.29 is 12.8 Å². The Bertz CT molecular complexity index is 512. The molecule has 1 aliphatic carbocycles. The Morgan fingerprint density at radius 1 is 1.26 bits per heavy atom. The Morgan fingerprint density at radius 3 is 2.37 bits per heavy atom. The molecule has 106 valence electrons. The highest BCUT2D eigenvalue weighted by atomic mass is 32.2. The summed E-state index contributed by atoms with van der Waals surface area (Å²) in [5.74, 6) is -0.434. The molecule has 1 aromatic carbocycles. The van der Waals surface area contributed by atoms with Gasteiger partial charge in [0.2, 0.25) is 10.0 Å². The van der Waals surface area contributed by atoms with E-state index >= 15 is 0 Å². The number of hydrogen-bond acceptors (Lipinski definition) is 3. The van der Waals surface area contributed by atoms with E-state index in [1.54, 1.807) is 0 Å². The van der Waals surface area contributed by atoms with Crippen molar-refractivity contribution in [2.75, 3.05) is 13.1 Å². The summed E-state index contributed by atoms with van der Waals surface area (Å²) in [6.07, 6.45) is 3.48. The van der Waals surface area contributed by atoms with E-state index in [0.717, 1.165) is 19.3 Å². The van der Waals surface area contributed by atoms with Crippen molar-refractivity contribution >= 4 is 10.0 Å². The van der Waals surface area contributed by atoms with Crippen molar-refractivity contribution in [1.29, 1.82) is 0 Å². The van der Waals surface area contributed by atoms with Gasteiger partial charge < -0.3 is 5.73 Å². The fraction of sp³-hybridized carbons (Fsp3) is 0.538. The highest BCUT2D eigenvalue weighted by Crippen LogP contribution is 2.30. The molecule has 6 heteroatoms. The molecule has 1 saturated carbocycles. The van der Waals surface area contributed by atoms with Crippen LogP contribution in [-0.2, 0) is 10.0 Å². The summed E-state index contributed by atoms with van der Waals surface area (Å²) in [7, 11) is -3.54. The number of sulfonamides is 1. The fourth-order valence-electron chi connectivity index (χ4n) is 2.16. The van der Waals surface area contributed by atoms with Crippen LogP contribution in [0.4, 0.5) is 4.39 Å². The summed E-state index contributed by atoms with van der Waals surface area (Å²) >= 11 is 0. The Kier molecular flexibility index (Phi) is 4.54. The summed E-state index contributed by atoms with van der Waals surface area (Å²) in [6, 6.07) is 5.06. The second-order valence-electron chi connectivity index (χ2n) is 4.80. The lowest BCUT2D eigenvalue weighted by molar-refractivity contribution is 0.218. The van der Waals surface area contributed by atoms with Crippen LogP contribution in [0.15, 0.2) is 29.2 Å². The first-order valence-electron chi connectivity index (χ1n) is 6.53. The molecule has 0 unspecified atom stereocenters. The smallest absolute Gasteiger partial charge is 0.243 e. The molecule has 0 aromatic heterocycles. The van der Waals surface area contributed by atoms with Gasteiger partial charge in [0.25, 0.3) is 0 Å². The zero-order valence-electron chi connectivity index (χ0n) is 10.8. The number of nitrogens with two attached hydrogens (primary N) is 1. The molecular formula is C13H19FN2O2S. The first kappa shape index (κ1) is 14.4. The molecule has 0 bridgehead atoms. The standard InChI is InChI=1S/C13H19FN2O2S/c14-11-5-7-13(8-6-11)19(17,18)16(10-2-9-15)12-3-1-4-12/h5-8,12H,1-4,9-10,15H2. The van der Waals surface area contributed by atoms with Crippen molar-refractivity contribution in [1.82, 2.24) is 4.31 Å². The lowest BCUT2D eigenvalue weighted by Crippen LogP contribution is -2.45. The molecule has 1 aromatic rings. The van der Waals surface area contributed by atoms with Gasteiger partial charge in [-0.2, -0.15) is 4.31 Å². The van der Waals surface area contributed by atoms with Gasteiger partial charge in [-0.1, -0.05) is 6.42 Å². The van der Waals surface area contributed by atoms with Crippen LogP contribution in [0.3, 0.4) is 0 Å². The normalized spacial score (nSPS) is 16.6. The maximum Gasteiger partial charge on any atom is 0.243 e. The third-order valence-electron chi connectivity index (χ3n) is 3.48. The number of rotatable bonds is 6. The summed E-state index contributed by atoms with van der Waals surface area (Å²) < 4.78 is 39.5. The summed E-state index contributed by atoms with van der Waals surface area (Å²) in [5.41, 5.74) is 5.47. The average Bonchev–Trinajstić information content (AvgIpc) is 2.32. The lowest BCUT2D eigenvalue weighted by atomic mass is 9.93. The first-order valence-corrected chi connectivity index (χ1v) is 7.97. The lowest BCUT2D eigenvalue weighted by Gasteiger charge is -2.36. The summed E-state index contributed by atoms with van der Waals surface area (Å²) in [5, 5.41) is 0. The minimum atomic E-state index is -3.54. The van der Waals surface area contributed by atoms with Gasteiger partial charge in [-0.3, -0.25) is 0 Å². The van der Waals surface area contributed by atoms with Crippen molar-refractivity contribution in [3.8, 4) is 0 Å². The molecular weight excluding hydrogens is 267 g/mol. The summed E-state index contributed by atoms with van der Waals surface area (Å²) in [4.78, 5) is 0.151. The van der Waals surface area contributed by atoms with E-state index in [-0.39, 0.29) is 10.9 Å². The molecule has 1 fully saturated rings. The van der Waals surface area contributed by atoms with Crippen LogP contribution in [0.25, 0.3) is 0 Å². The number of hydrogen-bond donors (Lipinski definition) is 1. The maximum absolute atomic E-state index is 12.9. The monoisotopic (exact) mass is 286 g/mol. The molecule has 0 spiro atoms. The van der Waals surface area contributed by atoms with E-state index in [1.807, 2.05) is 0 Å². The Morgan fingerprint density at radius 2 is 1.89 bits per heavy atom. The maximum atomic E-state index is 12.9. The van der Waals surface area contributed by atoms with E-state index in [2.05, 4.69) is 0 Å². The van der Waals surface area contributed by atoms with Gasteiger partial charge in [0, 0.05) is 12.6 Å². The first-order chi connectivity index (χ1) is 9.05. The molecule has 0 atom stereocenters. The van der Waals surface area contributed by atoms with Crippen LogP contribution in [0.1, 0.15) is 25.7 Å². The molecule has 1 aliphatic rings. The van der Waals surface area contributed by atoms with E-state index in [9.17, 15) is 12.8 Å². The quantitative estimate of drug-likeness (QED) is 0.866. The number of nitrogens with zero attached hydrogens (tertiary/aromatic N) is 1. The zero-order valence-corrected chi connectivity index (χ0v) is 11.6. The van der Waals surface area contributed by atoms with Crippen molar-refractivity contribution in [2.24, 2.45) is 5.73 Å². The summed E-state index contributed by atoms with van der Waals surface area (Å²) in [6.45, 7) is 0.892. The van der Waals surface area contributed by atoms with Crippen LogP contribution < -0.4 is 5.73 Å². The molecule has 0 amide bonds. The van der Waals surface area contributed by atoms with Gasteiger partial charge >= 0.3 is 0 Å². The van der Waals surface area contributed by atoms with E-state index in [4.69, 9.17) is 5.73 Å². The van der Waals surface area contributed by atoms with Gasteiger partial charge in [-0.05, 0) is 50.1 Å². The van der Waals surface area contributed by atoms with E-state index < -0.39 is 15.8 Å². The Balaban J connectivity index is 2.24. The number of halogens is 1. The molecule has 0 heterocycles. The fourth-order valence-corrected chi connectivity index (χ4v) is 3.89. The topological polar surface area (TPSA) is 63.4 Å². The molecule has 0 aliphatic heterocycles. The highest BCUT2D eigenvalue weighted by Gasteiger charge is 2.34. The average molecular weight is 286 g/mol. The van der Waals surface area contributed by atoms with Gasteiger partial charge in [0.15, 0.2) is 0 Å². The largest absolute Gasteiger partial charge is 0.330 e. The molecule has 2 N–H and O–H groups in total. The van der Waals surface area contributed by atoms with Crippen molar-refractivity contribution in [3.05, 3.63) is 30.1 Å². The van der Waals surface area contributed by atoms with Crippen LogP contribution >= 0.6 is 0 Å². The van der Waals surface area contributed by atoms with Gasteiger partial charge in [0.05, 0.1) is 4.90 Å². The van der Waals surface area contributed by atoms with Gasteiger partial charge in [-0.25, -0.2) is 12.8 Å². The van der Waals surface area contributed by atoms with Crippen LogP contribution in [0.2, 0.25) is 0 Å². The SMILES string of the molecule is NCCCN(C1CCC1)S(=O)(=O)c1ccc(F)cc1. The van der Waals surface area contributed by atoms with Crippen LogP contribution in [0.5, 0.6) is 0 Å². The Labute approximate surface area is 113 Å². The third-order valence-corrected chi connectivity index (χ3v) is 5.45. The minimum absolute atomic E-state index is 0.0709. The Hall–Kier alpha value is -0.980. The molecule has 0 radical (unpaired) electrons. The third kappa shape index (κ3) is 3.13. The van der Waals surface area contributed by atoms with Crippen LogP contribution in [-0.4, -0.2) is 31.9 Å². The number of benzene rings is 1. The van der Waals surface area contributed by atoms with Gasteiger partial charge in [0.1, 0.15) is 5.82 Å². The predicted octanol–water partition coefficient (Wildman–Crippen LogP) is 1.72. The van der Waals surface area contributed by atoms with Gasteiger partial charge in [-0.15, -0.1) is 0 Å². The minimum Gasteiger partial charge on any atom is -0.330 e. The zero-order chi connectivity index (χ0) is 13.9. The second-order valence-corrected chi connectivity index (χ2v) is 6.69. The molecule has 0 saturated heterocycles. The van der Waals surface area contributed by atoms with Crippen molar-refractivity contribution in [3.63, 3.8) is 0 Å².